The van der Waals surface area contributed by atoms with Crippen molar-refractivity contribution < 1.29 is 36.2 Å². The summed E-state index contributed by atoms with van der Waals surface area (Å²) in [6.07, 6.45) is -2.96. The fraction of sp³-hybridized carbons (Fsp3) is 0.105. The monoisotopic (exact) mass is 442 g/mol. The average Bonchev–Trinajstić information content (AvgIpc) is 3.36. The van der Waals surface area contributed by atoms with Crippen molar-refractivity contribution in [2.75, 3.05) is 0 Å². The zero-order chi connectivity index (χ0) is 22.8. The van der Waals surface area contributed by atoms with Crippen LogP contribution in [0.15, 0.2) is 61.2 Å². The lowest BCUT2D eigenvalue weighted by Gasteiger charge is -2.12. The van der Waals surface area contributed by atoms with Crippen LogP contribution in [-0.4, -0.2) is 37.0 Å². The molecule has 0 spiro atoms. The van der Waals surface area contributed by atoms with Gasteiger partial charge in [-0.2, -0.15) is 31.4 Å². The number of alkyl halides is 6. The summed E-state index contributed by atoms with van der Waals surface area (Å²) in [5.74, 6) is -2.76. The molecule has 0 saturated heterocycles. The molecule has 1 aromatic carbocycles. The van der Waals surface area contributed by atoms with Crippen molar-refractivity contribution in [1.82, 2.24) is 19.7 Å². The first kappa shape index (κ1) is 21.9. The summed E-state index contributed by atoms with van der Waals surface area (Å²) in [7, 11) is 0. The number of carboxylic acid groups (broad SMARTS) is 1. The highest BCUT2D eigenvalue weighted by Crippen LogP contribution is 2.34. The summed E-state index contributed by atoms with van der Waals surface area (Å²) in [6.45, 7) is 0. The van der Waals surface area contributed by atoms with E-state index in [1.54, 1.807) is 30.9 Å². The fourth-order valence-electron chi connectivity index (χ4n) is 2.72. The molecule has 0 saturated carbocycles. The molecule has 0 radical (unpaired) electrons. The Labute approximate surface area is 169 Å². The van der Waals surface area contributed by atoms with Gasteiger partial charge in [0.2, 0.25) is 0 Å². The van der Waals surface area contributed by atoms with Gasteiger partial charge in [-0.3, -0.25) is 0 Å². The maximum atomic E-state index is 13.2. The van der Waals surface area contributed by atoms with E-state index < -0.39 is 23.9 Å². The second-order valence-electron chi connectivity index (χ2n) is 6.09. The minimum absolute atomic E-state index is 0.00406. The summed E-state index contributed by atoms with van der Waals surface area (Å²) < 4.78 is 72.5. The Kier molecular flexibility index (Phi) is 5.73. The first-order valence-corrected chi connectivity index (χ1v) is 8.42. The van der Waals surface area contributed by atoms with Crippen molar-refractivity contribution in [3.63, 3.8) is 0 Å². The third kappa shape index (κ3) is 4.85. The number of aliphatic carboxylic acids is 1. The molecule has 3 heterocycles. The Balaban J connectivity index is 0.000000339. The van der Waals surface area contributed by atoms with E-state index in [2.05, 4.69) is 15.1 Å². The number of halogens is 6. The van der Waals surface area contributed by atoms with Crippen LogP contribution in [0.1, 0.15) is 5.56 Å². The zero-order valence-electron chi connectivity index (χ0n) is 15.2. The quantitative estimate of drug-likeness (QED) is 0.425. The van der Waals surface area contributed by atoms with Crippen molar-refractivity contribution >= 4 is 17.0 Å². The molecule has 3 aromatic heterocycles. The van der Waals surface area contributed by atoms with Crippen LogP contribution < -0.4 is 0 Å². The number of rotatable bonds is 2. The third-order valence-electron chi connectivity index (χ3n) is 4.05. The number of fused-ring (bicyclic) bond motifs is 1. The van der Waals surface area contributed by atoms with Crippen molar-refractivity contribution in [2.24, 2.45) is 0 Å². The van der Waals surface area contributed by atoms with E-state index in [-0.39, 0.29) is 5.69 Å². The predicted molar refractivity (Wildman–Crippen MR) is 97.3 cm³/mol. The Morgan fingerprint density at radius 2 is 1.71 bits per heavy atom. The topological polar surface area (TPSA) is 83.8 Å². The van der Waals surface area contributed by atoms with Gasteiger partial charge in [0.25, 0.3) is 0 Å². The summed E-state index contributed by atoms with van der Waals surface area (Å²) in [5.41, 5.74) is 1.57. The second-order valence-corrected chi connectivity index (χ2v) is 6.09. The molecule has 12 heteroatoms. The number of pyridine rings is 1. The highest BCUT2D eigenvalue weighted by molar-refractivity contribution is 5.92. The molecule has 0 aliphatic heterocycles. The highest BCUT2D eigenvalue weighted by atomic mass is 19.4. The summed E-state index contributed by atoms with van der Waals surface area (Å²) in [4.78, 5) is 16.1. The molecule has 4 aromatic rings. The molecule has 0 aliphatic rings. The van der Waals surface area contributed by atoms with E-state index >= 15 is 0 Å². The lowest BCUT2D eigenvalue weighted by molar-refractivity contribution is -0.192. The van der Waals surface area contributed by atoms with E-state index in [0.29, 0.717) is 0 Å². The van der Waals surface area contributed by atoms with Gasteiger partial charge in [-0.05, 0) is 29.8 Å². The maximum absolute atomic E-state index is 13.2. The van der Waals surface area contributed by atoms with Crippen molar-refractivity contribution in [1.29, 1.82) is 0 Å². The van der Waals surface area contributed by atoms with Crippen molar-refractivity contribution in [2.45, 2.75) is 12.4 Å². The van der Waals surface area contributed by atoms with Crippen LogP contribution in [0.25, 0.3) is 27.8 Å². The standard InChI is InChI=1S/C17H11F3N4.C2HF3O2/c18-17(19,20)14-3-1-2-4-15(14)24-10-11(9-23-24)12-5-7-21-16-13(12)6-8-22-16;3-2(4,5)1(6)7/h1-10H,(H,21,22);(H,6,7). The van der Waals surface area contributed by atoms with Crippen LogP contribution in [0.3, 0.4) is 0 Å². The number of benzene rings is 1. The van der Waals surface area contributed by atoms with Crippen molar-refractivity contribution in [3.05, 3.63) is 66.7 Å². The lowest BCUT2D eigenvalue weighted by atomic mass is 10.1. The predicted octanol–water partition coefficient (Wildman–Crippen LogP) is 5.07. The van der Waals surface area contributed by atoms with Gasteiger partial charge >= 0.3 is 18.3 Å². The molecule has 0 fully saturated rings. The summed E-state index contributed by atoms with van der Waals surface area (Å²) in [6, 6.07) is 9.06. The van der Waals surface area contributed by atoms with E-state index in [4.69, 9.17) is 9.90 Å². The Morgan fingerprint density at radius 1 is 1.03 bits per heavy atom. The van der Waals surface area contributed by atoms with Gasteiger partial charge in [-0.25, -0.2) is 14.5 Å². The van der Waals surface area contributed by atoms with Gasteiger partial charge in [-0.1, -0.05) is 12.1 Å². The molecular formula is C19H12F6N4O2. The smallest absolute Gasteiger partial charge is 0.475 e. The molecule has 0 unspecified atom stereocenters. The van der Waals surface area contributed by atoms with Gasteiger partial charge in [-0.15, -0.1) is 0 Å². The van der Waals surface area contributed by atoms with Crippen LogP contribution in [-0.2, 0) is 11.0 Å². The van der Waals surface area contributed by atoms with Gasteiger partial charge < -0.3 is 10.1 Å². The van der Waals surface area contributed by atoms with Gasteiger partial charge in [0, 0.05) is 29.5 Å². The molecule has 2 N–H and O–H groups in total. The molecular weight excluding hydrogens is 430 g/mol. The number of aromatic nitrogens is 4. The Hall–Kier alpha value is -3.83. The Morgan fingerprint density at radius 3 is 2.35 bits per heavy atom. The molecule has 0 amide bonds. The van der Waals surface area contributed by atoms with Crippen LogP contribution >= 0.6 is 0 Å². The summed E-state index contributed by atoms with van der Waals surface area (Å²) in [5, 5.41) is 12.1. The van der Waals surface area contributed by atoms with Crippen LogP contribution in [0.5, 0.6) is 0 Å². The van der Waals surface area contributed by atoms with Crippen LogP contribution in [0.4, 0.5) is 26.3 Å². The molecule has 4 rings (SSSR count). The van der Waals surface area contributed by atoms with Crippen molar-refractivity contribution in [3.8, 4) is 16.8 Å². The molecule has 0 aliphatic carbocycles. The fourth-order valence-corrected chi connectivity index (χ4v) is 2.72. The molecule has 31 heavy (non-hydrogen) atoms. The normalized spacial score (nSPS) is 11.8. The minimum Gasteiger partial charge on any atom is -0.475 e. The number of nitrogens with zero attached hydrogens (tertiary/aromatic N) is 3. The maximum Gasteiger partial charge on any atom is 0.490 e. The van der Waals surface area contributed by atoms with E-state index in [1.165, 1.54) is 16.8 Å². The highest BCUT2D eigenvalue weighted by Gasteiger charge is 2.38. The van der Waals surface area contributed by atoms with Crippen LogP contribution in [0.2, 0.25) is 0 Å². The third-order valence-corrected chi connectivity index (χ3v) is 4.05. The molecule has 0 bridgehead atoms. The minimum atomic E-state index is -5.08. The number of hydrogen-bond acceptors (Lipinski definition) is 3. The molecule has 0 atom stereocenters. The number of nitrogens with one attached hydrogen (secondary N) is 1. The van der Waals surface area contributed by atoms with Crippen LogP contribution in [0, 0.1) is 0 Å². The van der Waals surface area contributed by atoms with E-state index in [9.17, 15) is 26.3 Å². The van der Waals surface area contributed by atoms with Gasteiger partial charge in [0.1, 0.15) is 5.65 Å². The number of para-hydroxylation sites is 1. The lowest BCUT2D eigenvalue weighted by Crippen LogP contribution is -2.21. The second kappa shape index (κ2) is 8.13. The number of H-pyrrole nitrogens is 1. The number of hydrogen-bond donors (Lipinski definition) is 2. The molecule has 162 valence electrons. The zero-order valence-corrected chi connectivity index (χ0v) is 15.2. The first-order valence-electron chi connectivity index (χ1n) is 8.42. The Bertz CT molecular complexity index is 1210. The number of carbonyl (C=O) groups is 1. The first-order chi connectivity index (χ1) is 14.5. The van der Waals surface area contributed by atoms with Gasteiger partial charge in [0.05, 0.1) is 17.4 Å². The average molecular weight is 442 g/mol. The molecule has 6 nitrogen and oxygen atoms in total. The number of aromatic amines is 1. The SMILES string of the molecule is FC(F)(F)c1ccccc1-n1cc(-c2ccnc3[nH]ccc23)cn1.O=C(O)C(F)(F)F. The summed E-state index contributed by atoms with van der Waals surface area (Å²) >= 11 is 0. The van der Waals surface area contributed by atoms with E-state index in [1.807, 2.05) is 12.1 Å². The number of carboxylic acids is 1. The van der Waals surface area contributed by atoms with E-state index in [0.717, 1.165) is 28.2 Å². The largest absolute Gasteiger partial charge is 0.490 e. The van der Waals surface area contributed by atoms with Gasteiger partial charge in [0.15, 0.2) is 0 Å².